The van der Waals surface area contributed by atoms with Gasteiger partial charge in [0.2, 0.25) is 0 Å². The van der Waals surface area contributed by atoms with Crippen LogP contribution in [0.1, 0.15) is 24.0 Å². The minimum absolute atomic E-state index is 0.108. The molecule has 94 valence electrons. The van der Waals surface area contributed by atoms with E-state index >= 15 is 0 Å². The van der Waals surface area contributed by atoms with Crippen molar-refractivity contribution in [3.8, 4) is 0 Å². The maximum atomic E-state index is 9.19. The van der Waals surface area contributed by atoms with Gasteiger partial charge in [-0.3, -0.25) is 4.90 Å². The summed E-state index contributed by atoms with van der Waals surface area (Å²) in [4.78, 5) is 2.40. The van der Waals surface area contributed by atoms with Crippen LogP contribution in [0.2, 0.25) is 0 Å². The monoisotopic (exact) mass is 235 g/mol. The number of nitrogens with zero attached hydrogens (tertiary/aromatic N) is 1. The van der Waals surface area contributed by atoms with Crippen molar-refractivity contribution in [2.45, 2.75) is 26.0 Å². The molecule has 1 aliphatic rings. The molecule has 0 aliphatic carbocycles. The number of benzene rings is 1. The minimum atomic E-state index is 0.108. The predicted octanol–water partition coefficient (Wildman–Crippen LogP) is 1.38. The fourth-order valence-corrected chi connectivity index (χ4v) is 2.45. The van der Waals surface area contributed by atoms with E-state index in [9.17, 15) is 5.11 Å². The van der Waals surface area contributed by atoms with Gasteiger partial charge in [-0.05, 0) is 36.4 Å². The Kier molecular flexibility index (Phi) is 4.54. The topological polar surface area (TPSA) is 43.7 Å². The van der Waals surface area contributed by atoms with Gasteiger partial charge < -0.3 is 10.2 Å². The lowest BCUT2D eigenvalue weighted by Gasteiger charge is -2.31. The summed E-state index contributed by atoms with van der Waals surface area (Å²) >= 11 is 0. The number of aliphatic hydroxyl groups excluding tert-OH is 2. The summed E-state index contributed by atoms with van der Waals surface area (Å²) in [5, 5.41) is 18.2. The molecule has 0 bridgehead atoms. The van der Waals surface area contributed by atoms with Crippen LogP contribution in [-0.2, 0) is 13.2 Å². The molecular weight excluding hydrogens is 214 g/mol. The van der Waals surface area contributed by atoms with Gasteiger partial charge >= 0.3 is 0 Å². The normalized spacial score (nSPS) is 21.6. The van der Waals surface area contributed by atoms with Crippen molar-refractivity contribution >= 4 is 0 Å². The molecule has 1 unspecified atom stereocenters. The average Bonchev–Trinajstić information content (AvgIpc) is 2.40. The van der Waals surface area contributed by atoms with Gasteiger partial charge in [-0.2, -0.15) is 0 Å². The molecule has 1 aromatic rings. The van der Waals surface area contributed by atoms with Crippen molar-refractivity contribution < 1.29 is 10.2 Å². The molecule has 3 heteroatoms. The average molecular weight is 235 g/mol. The van der Waals surface area contributed by atoms with E-state index in [2.05, 4.69) is 17.0 Å². The lowest BCUT2D eigenvalue weighted by atomic mass is 9.98. The molecule has 0 spiro atoms. The summed E-state index contributed by atoms with van der Waals surface area (Å²) in [7, 11) is 0. The molecule has 0 aromatic heterocycles. The summed E-state index contributed by atoms with van der Waals surface area (Å²) < 4.78 is 0. The van der Waals surface area contributed by atoms with Crippen molar-refractivity contribution in [1.29, 1.82) is 0 Å². The first-order valence-electron chi connectivity index (χ1n) is 6.33. The van der Waals surface area contributed by atoms with Crippen molar-refractivity contribution in [1.82, 2.24) is 4.90 Å². The highest BCUT2D eigenvalue weighted by Gasteiger charge is 2.18. The van der Waals surface area contributed by atoms with Gasteiger partial charge in [-0.25, -0.2) is 0 Å². The molecule has 0 saturated carbocycles. The standard InChI is InChI=1S/C14H21NO2/c16-10-13-5-3-12(4-6-13)8-15-7-1-2-14(9-15)11-17/h3-6,14,16-17H,1-2,7-11H2. The molecule has 0 radical (unpaired) electrons. The Morgan fingerprint density at radius 3 is 2.47 bits per heavy atom. The molecule has 3 nitrogen and oxygen atoms in total. The highest BCUT2D eigenvalue weighted by molar-refractivity contribution is 5.21. The van der Waals surface area contributed by atoms with Crippen molar-refractivity contribution in [2.75, 3.05) is 19.7 Å². The summed E-state index contributed by atoms with van der Waals surface area (Å²) in [6.07, 6.45) is 2.33. The first kappa shape index (κ1) is 12.6. The molecule has 1 atom stereocenters. The van der Waals surface area contributed by atoms with Crippen LogP contribution in [0, 0.1) is 5.92 Å². The Hall–Kier alpha value is -0.900. The maximum absolute atomic E-state index is 9.19. The van der Waals surface area contributed by atoms with Crippen LogP contribution in [0.4, 0.5) is 0 Å². The van der Waals surface area contributed by atoms with Crippen molar-refractivity contribution in [3.05, 3.63) is 35.4 Å². The van der Waals surface area contributed by atoms with Crippen LogP contribution in [0.3, 0.4) is 0 Å². The fourth-order valence-electron chi connectivity index (χ4n) is 2.45. The molecule has 1 aromatic carbocycles. The summed E-state index contributed by atoms with van der Waals surface area (Å²) in [6.45, 7) is 3.48. The number of aliphatic hydroxyl groups is 2. The quantitative estimate of drug-likeness (QED) is 0.828. The third-order valence-corrected chi connectivity index (χ3v) is 3.47. The lowest BCUT2D eigenvalue weighted by Crippen LogP contribution is -2.36. The molecule has 2 N–H and O–H groups in total. The Labute approximate surface area is 103 Å². The molecule has 1 saturated heterocycles. The lowest BCUT2D eigenvalue weighted by molar-refractivity contribution is 0.116. The number of hydrogen-bond acceptors (Lipinski definition) is 3. The van der Waals surface area contributed by atoms with E-state index in [4.69, 9.17) is 5.11 Å². The van der Waals surface area contributed by atoms with E-state index in [1.54, 1.807) is 0 Å². The Balaban J connectivity index is 1.90. The van der Waals surface area contributed by atoms with E-state index in [-0.39, 0.29) is 6.61 Å². The molecule has 1 fully saturated rings. The van der Waals surface area contributed by atoms with Gasteiger partial charge in [0.1, 0.15) is 0 Å². The molecule has 1 heterocycles. The van der Waals surface area contributed by atoms with Gasteiger partial charge in [0.15, 0.2) is 0 Å². The van der Waals surface area contributed by atoms with Crippen LogP contribution in [-0.4, -0.2) is 34.8 Å². The number of likely N-dealkylation sites (tertiary alicyclic amines) is 1. The van der Waals surface area contributed by atoms with Gasteiger partial charge in [0.05, 0.1) is 6.61 Å². The SMILES string of the molecule is OCc1ccc(CN2CCCC(CO)C2)cc1. The van der Waals surface area contributed by atoms with E-state index in [0.717, 1.165) is 31.6 Å². The zero-order valence-corrected chi connectivity index (χ0v) is 10.2. The summed E-state index contributed by atoms with van der Waals surface area (Å²) in [5.74, 6) is 0.445. The van der Waals surface area contributed by atoms with Gasteiger partial charge in [-0.15, -0.1) is 0 Å². The number of piperidine rings is 1. The third-order valence-electron chi connectivity index (χ3n) is 3.47. The molecule has 0 amide bonds. The maximum Gasteiger partial charge on any atom is 0.0681 e. The molecule has 1 aliphatic heterocycles. The van der Waals surface area contributed by atoms with Crippen LogP contribution >= 0.6 is 0 Å². The Morgan fingerprint density at radius 1 is 1.12 bits per heavy atom. The second kappa shape index (κ2) is 6.15. The van der Waals surface area contributed by atoms with Crippen molar-refractivity contribution in [3.63, 3.8) is 0 Å². The first-order valence-corrected chi connectivity index (χ1v) is 6.33. The summed E-state index contributed by atoms with van der Waals surface area (Å²) in [5.41, 5.74) is 2.24. The zero-order valence-electron chi connectivity index (χ0n) is 10.2. The smallest absolute Gasteiger partial charge is 0.0681 e. The van der Waals surface area contributed by atoms with Crippen LogP contribution < -0.4 is 0 Å². The number of rotatable bonds is 4. The van der Waals surface area contributed by atoms with Gasteiger partial charge in [0.25, 0.3) is 0 Å². The van der Waals surface area contributed by atoms with Crippen LogP contribution in [0.25, 0.3) is 0 Å². The second-order valence-corrected chi connectivity index (χ2v) is 4.90. The minimum Gasteiger partial charge on any atom is -0.396 e. The van der Waals surface area contributed by atoms with E-state index < -0.39 is 0 Å². The highest BCUT2D eigenvalue weighted by Crippen LogP contribution is 2.18. The third kappa shape index (κ3) is 3.53. The number of hydrogen-bond donors (Lipinski definition) is 2. The largest absolute Gasteiger partial charge is 0.396 e. The molecular formula is C14H21NO2. The first-order chi connectivity index (χ1) is 8.31. The van der Waals surface area contributed by atoms with E-state index in [0.29, 0.717) is 12.5 Å². The van der Waals surface area contributed by atoms with Gasteiger partial charge in [-0.1, -0.05) is 24.3 Å². The van der Waals surface area contributed by atoms with Crippen molar-refractivity contribution in [2.24, 2.45) is 5.92 Å². The Morgan fingerprint density at radius 2 is 1.82 bits per heavy atom. The fraction of sp³-hybridized carbons (Fsp3) is 0.571. The van der Waals surface area contributed by atoms with Gasteiger partial charge in [0, 0.05) is 19.7 Å². The Bertz CT molecular complexity index is 337. The van der Waals surface area contributed by atoms with Crippen LogP contribution in [0.5, 0.6) is 0 Å². The second-order valence-electron chi connectivity index (χ2n) is 4.90. The molecule has 2 rings (SSSR count). The molecule has 17 heavy (non-hydrogen) atoms. The van der Waals surface area contributed by atoms with E-state index in [1.165, 1.54) is 12.0 Å². The summed E-state index contributed by atoms with van der Waals surface area (Å²) in [6, 6.07) is 8.10. The van der Waals surface area contributed by atoms with Crippen LogP contribution in [0.15, 0.2) is 24.3 Å². The highest BCUT2D eigenvalue weighted by atomic mass is 16.3. The van der Waals surface area contributed by atoms with E-state index in [1.807, 2.05) is 12.1 Å². The predicted molar refractivity (Wildman–Crippen MR) is 67.5 cm³/mol. The zero-order chi connectivity index (χ0) is 12.1.